The van der Waals surface area contributed by atoms with Crippen LogP contribution in [0.4, 0.5) is 0 Å². The quantitative estimate of drug-likeness (QED) is 0.523. The van der Waals surface area contributed by atoms with E-state index in [0.717, 1.165) is 20.8 Å². The van der Waals surface area contributed by atoms with E-state index >= 15 is 0 Å². The van der Waals surface area contributed by atoms with Gasteiger partial charge in [0.15, 0.2) is 4.77 Å². The van der Waals surface area contributed by atoms with Crippen LogP contribution in [0, 0.1) is 8.34 Å². The number of H-pyrrole nitrogens is 1. The van der Waals surface area contributed by atoms with Crippen molar-refractivity contribution in [2.75, 3.05) is 0 Å². The van der Waals surface area contributed by atoms with Crippen LogP contribution in [0.15, 0.2) is 29.8 Å². The predicted molar refractivity (Wildman–Crippen MR) is 85.8 cm³/mol. The summed E-state index contributed by atoms with van der Waals surface area (Å²) in [6.07, 6.45) is 1.83. The van der Waals surface area contributed by atoms with Crippen LogP contribution in [0.2, 0.25) is 0 Å². The molecule has 2 aromatic heterocycles. The number of fused-ring (bicyclic) bond motifs is 1. The minimum atomic E-state index is 0.159. The van der Waals surface area contributed by atoms with Gasteiger partial charge in [0, 0.05) is 15.1 Å². The van der Waals surface area contributed by atoms with Crippen molar-refractivity contribution >= 4 is 57.2 Å². The van der Waals surface area contributed by atoms with E-state index in [0.29, 0.717) is 0 Å². The second-order valence-electron chi connectivity index (χ2n) is 4.01. The topological polar surface area (TPSA) is 33.6 Å². The largest absolute Gasteiger partial charge is 0.331 e. The number of rotatable bonds is 2. The normalized spacial score (nSPS) is 13.0. The van der Waals surface area contributed by atoms with Gasteiger partial charge in [-0.1, -0.05) is 0 Å². The van der Waals surface area contributed by atoms with Gasteiger partial charge < -0.3 is 9.55 Å². The van der Waals surface area contributed by atoms with Crippen molar-refractivity contribution in [2.45, 2.75) is 13.0 Å². The SMILES string of the molecule is CC(c1nccs1)n1c(=S)[nH]c2cc(I)ccc21. The minimum Gasteiger partial charge on any atom is -0.331 e. The van der Waals surface area contributed by atoms with E-state index < -0.39 is 0 Å². The molecule has 0 radical (unpaired) electrons. The Morgan fingerprint density at radius 2 is 2.33 bits per heavy atom. The monoisotopic (exact) mass is 387 g/mol. The summed E-state index contributed by atoms with van der Waals surface area (Å²) in [5.74, 6) is 0. The van der Waals surface area contributed by atoms with E-state index in [1.54, 1.807) is 11.3 Å². The standard InChI is InChI=1S/C12H10IN3S2/c1-7(11-14-4-5-18-11)16-10-3-2-8(13)6-9(10)15-12(16)17/h2-7H,1H3,(H,15,17). The highest BCUT2D eigenvalue weighted by molar-refractivity contribution is 14.1. The maximum Gasteiger partial charge on any atom is 0.178 e. The Labute approximate surface area is 127 Å². The van der Waals surface area contributed by atoms with Gasteiger partial charge in [0.2, 0.25) is 0 Å². The van der Waals surface area contributed by atoms with Gasteiger partial charge >= 0.3 is 0 Å². The summed E-state index contributed by atoms with van der Waals surface area (Å²) in [6.45, 7) is 2.12. The second-order valence-corrected chi connectivity index (χ2v) is 6.57. The molecule has 3 rings (SSSR count). The summed E-state index contributed by atoms with van der Waals surface area (Å²) in [7, 11) is 0. The number of hydrogen-bond donors (Lipinski definition) is 1. The Morgan fingerprint density at radius 3 is 3.06 bits per heavy atom. The lowest BCUT2D eigenvalue weighted by Crippen LogP contribution is -2.06. The fourth-order valence-electron chi connectivity index (χ4n) is 2.04. The summed E-state index contributed by atoms with van der Waals surface area (Å²) in [5.41, 5.74) is 2.21. The van der Waals surface area contributed by atoms with E-state index in [2.05, 4.69) is 62.2 Å². The van der Waals surface area contributed by atoms with Crippen LogP contribution in [0.3, 0.4) is 0 Å². The summed E-state index contributed by atoms with van der Waals surface area (Å²) >= 11 is 9.39. The number of benzene rings is 1. The van der Waals surface area contributed by atoms with Crippen LogP contribution in [-0.2, 0) is 0 Å². The molecule has 6 heteroatoms. The van der Waals surface area contributed by atoms with Gasteiger partial charge in [-0.05, 0) is 59.9 Å². The summed E-state index contributed by atoms with van der Waals surface area (Å²) in [4.78, 5) is 7.63. The number of thiazole rings is 1. The van der Waals surface area contributed by atoms with E-state index in [1.165, 1.54) is 3.57 Å². The van der Waals surface area contributed by atoms with E-state index in [9.17, 15) is 0 Å². The molecule has 1 unspecified atom stereocenters. The number of halogens is 1. The first-order chi connectivity index (χ1) is 8.66. The highest BCUT2D eigenvalue weighted by atomic mass is 127. The predicted octanol–water partition coefficient (Wildman–Crippen LogP) is 4.37. The molecular formula is C12H10IN3S2. The lowest BCUT2D eigenvalue weighted by atomic mass is 10.3. The van der Waals surface area contributed by atoms with Gasteiger partial charge in [-0.3, -0.25) is 0 Å². The average Bonchev–Trinajstić information content (AvgIpc) is 2.94. The van der Waals surface area contributed by atoms with Crippen molar-refractivity contribution in [3.05, 3.63) is 43.1 Å². The highest BCUT2D eigenvalue weighted by Gasteiger charge is 2.14. The van der Waals surface area contributed by atoms with Crippen molar-refractivity contribution in [3.8, 4) is 0 Å². The van der Waals surface area contributed by atoms with Crippen LogP contribution >= 0.6 is 46.1 Å². The fraction of sp³-hybridized carbons (Fsp3) is 0.167. The van der Waals surface area contributed by atoms with Gasteiger partial charge in [-0.2, -0.15) is 0 Å². The molecule has 0 spiro atoms. The Kier molecular flexibility index (Phi) is 3.25. The van der Waals surface area contributed by atoms with Crippen LogP contribution in [-0.4, -0.2) is 14.5 Å². The number of nitrogens with zero attached hydrogens (tertiary/aromatic N) is 2. The maximum atomic E-state index is 5.43. The molecule has 0 aliphatic rings. The summed E-state index contributed by atoms with van der Waals surface area (Å²) in [6, 6.07) is 6.47. The first kappa shape index (κ1) is 12.3. The average molecular weight is 387 g/mol. The lowest BCUT2D eigenvalue weighted by Gasteiger charge is -2.11. The molecule has 0 saturated carbocycles. The molecule has 0 saturated heterocycles. The van der Waals surface area contributed by atoms with Crippen molar-refractivity contribution in [1.29, 1.82) is 0 Å². The third-order valence-electron chi connectivity index (χ3n) is 2.87. The fourth-order valence-corrected chi connectivity index (χ4v) is 3.58. The Balaban J connectivity index is 2.23. The zero-order valence-corrected chi connectivity index (χ0v) is 13.3. The van der Waals surface area contributed by atoms with Crippen LogP contribution in [0.1, 0.15) is 18.0 Å². The number of aromatic nitrogens is 3. The Morgan fingerprint density at radius 1 is 1.50 bits per heavy atom. The van der Waals surface area contributed by atoms with Crippen molar-refractivity contribution in [2.24, 2.45) is 0 Å². The van der Waals surface area contributed by atoms with Gasteiger partial charge in [-0.15, -0.1) is 11.3 Å². The van der Waals surface area contributed by atoms with Crippen molar-refractivity contribution in [3.63, 3.8) is 0 Å². The molecule has 0 aliphatic heterocycles. The third kappa shape index (κ3) is 2.02. The molecule has 1 aromatic carbocycles. The number of nitrogens with one attached hydrogen (secondary N) is 1. The lowest BCUT2D eigenvalue weighted by molar-refractivity contribution is 0.644. The molecule has 18 heavy (non-hydrogen) atoms. The highest BCUT2D eigenvalue weighted by Crippen LogP contribution is 2.26. The molecule has 0 amide bonds. The molecular weight excluding hydrogens is 377 g/mol. The molecule has 1 atom stereocenters. The molecule has 2 heterocycles. The molecule has 92 valence electrons. The minimum absolute atomic E-state index is 0.159. The summed E-state index contributed by atoms with van der Waals surface area (Å²) < 4.78 is 4.07. The molecule has 3 aromatic rings. The van der Waals surface area contributed by atoms with Gasteiger partial charge in [0.05, 0.1) is 17.1 Å². The Bertz CT molecular complexity index is 742. The van der Waals surface area contributed by atoms with Gasteiger partial charge in [0.25, 0.3) is 0 Å². The van der Waals surface area contributed by atoms with Crippen LogP contribution in [0.5, 0.6) is 0 Å². The molecule has 3 nitrogen and oxygen atoms in total. The van der Waals surface area contributed by atoms with Crippen molar-refractivity contribution in [1.82, 2.24) is 14.5 Å². The number of aromatic amines is 1. The Hall–Kier alpha value is -0.730. The smallest absolute Gasteiger partial charge is 0.178 e. The number of hydrogen-bond acceptors (Lipinski definition) is 3. The third-order valence-corrected chi connectivity index (χ3v) is 4.79. The second kappa shape index (κ2) is 4.75. The van der Waals surface area contributed by atoms with Crippen molar-refractivity contribution < 1.29 is 0 Å². The molecule has 1 N–H and O–H groups in total. The van der Waals surface area contributed by atoms with Crippen LogP contribution < -0.4 is 0 Å². The van der Waals surface area contributed by atoms with E-state index in [-0.39, 0.29) is 6.04 Å². The molecule has 0 aliphatic carbocycles. The summed E-state index contributed by atoms with van der Waals surface area (Å²) in [5, 5.41) is 3.07. The van der Waals surface area contributed by atoms with E-state index in [1.807, 2.05) is 11.6 Å². The van der Waals surface area contributed by atoms with Crippen LogP contribution in [0.25, 0.3) is 11.0 Å². The van der Waals surface area contributed by atoms with Gasteiger partial charge in [0.1, 0.15) is 5.01 Å². The number of imidazole rings is 1. The zero-order chi connectivity index (χ0) is 12.7. The maximum absolute atomic E-state index is 5.43. The first-order valence-corrected chi connectivity index (χ1v) is 7.82. The zero-order valence-electron chi connectivity index (χ0n) is 9.55. The molecule has 0 fully saturated rings. The van der Waals surface area contributed by atoms with Gasteiger partial charge in [-0.25, -0.2) is 4.98 Å². The van der Waals surface area contributed by atoms with E-state index in [4.69, 9.17) is 12.2 Å². The molecule has 0 bridgehead atoms. The first-order valence-electron chi connectivity index (χ1n) is 5.46.